The van der Waals surface area contributed by atoms with Gasteiger partial charge in [0.2, 0.25) is 0 Å². The summed E-state index contributed by atoms with van der Waals surface area (Å²) in [5.41, 5.74) is 2.06. The Bertz CT molecular complexity index is 462. The van der Waals surface area contributed by atoms with E-state index in [4.69, 9.17) is 4.52 Å². The third-order valence-electron chi connectivity index (χ3n) is 2.32. The van der Waals surface area contributed by atoms with Crippen LogP contribution in [0.5, 0.6) is 0 Å². The molecule has 0 aliphatic rings. The monoisotopic (exact) mass is 205 g/mol. The second kappa shape index (κ2) is 3.90. The second-order valence-electron chi connectivity index (χ2n) is 3.76. The van der Waals surface area contributed by atoms with Crippen molar-refractivity contribution >= 4 is 16.8 Å². The zero-order chi connectivity index (χ0) is 10.8. The highest BCUT2D eigenvalue weighted by atomic mass is 16.5. The van der Waals surface area contributed by atoms with E-state index in [1.165, 1.54) is 5.56 Å². The Balaban J connectivity index is 2.51. The molecule has 1 heterocycles. The van der Waals surface area contributed by atoms with Gasteiger partial charge >= 0.3 is 0 Å². The molecule has 0 atom stereocenters. The van der Waals surface area contributed by atoms with E-state index >= 15 is 0 Å². The lowest BCUT2D eigenvalue weighted by Gasteiger charge is -2.07. The molecule has 0 bridgehead atoms. The zero-order valence-corrected chi connectivity index (χ0v) is 9.24. The zero-order valence-electron chi connectivity index (χ0n) is 9.24. The van der Waals surface area contributed by atoms with Crippen LogP contribution in [0, 0.1) is 0 Å². The van der Waals surface area contributed by atoms with Gasteiger partial charge in [0.25, 0.3) is 0 Å². The molecule has 0 unspecified atom stereocenters. The quantitative estimate of drug-likeness (QED) is 0.826. The maximum Gasteiger partial charge on any atom is 0.179 e. The normalized spacial score (nSPS) is 10.9. The van der Waals surface area contributed by atoms with E-state index in [0.29, 0.717) is 0 Å². The molecule has 15 heavy (non-hydrogen) atoms. The van der Waals surface area contributed by atoms with Gasteiger partial charge in [-0.25, -0.2) is 0 Å². The highest BCUT2D eigenvalue weighted by molar-refractivity contribution is 5.88. The molecule has 0 radical (unpaired) electrons. The Kier molecular flexibility index (Phi) is 2.60. The summed E-state index contributed by atoms with van der Waals surface area (Å²) in [4.78, 5) is 1.95. The molecule has 0 fully saturated rings. The highest BCUT2D eigenvalue weighted by Crippen LogP contribution is 2.25. The van der Waals surface area contributed by atoms with Gasteiger partial charge in [-0.1, -0.05) is 11.2 Å². The Morgan fingerprint density at radius 1 is 1.40 bits per heavy atom. The van der Waals surface area contributed by atoms with Gasteiger partial charge in [-0.05, 0) is 24.7 Å². The summed E-state index contributed by atoms with van der Waals surface area (Å²) < 4.78 is 5.23. The van der Waals surface area contributed by atoms with Crippen molar-refractivity contribution in [2.75, 3.05) is 26.0 Å². The number of hydrogen-bond acceptors (Lipinski definition) is 4. The molecule has 1 aromatic heterocycles. The lowest BCUT2D eigenvalue weighted by atomic mass is 10.1. The van der Waals surface area contributed by atoms with Crippen LogP contribution in [0.1, 0.15) is 5.56 Å². The fraction of sp³-hybridized carbons (Fsp3) is 0.364. The maximum absolute atomic E-state index is 5.23. The van der Waals surface area contributed by atoms with Crippen LogP contribution in [0.3, 0.4) is 0 Å². The third-order valence-corrected chi connectivity index (χ3v) is 2.32. The molecule has 4 nitrogen and oxygen atoms in total. The van der Waals surface area contributed by atoms with Crippen LogP contribution < -0.4 is 10.2 Å². The molecule has 0 spiro atoms. The minimum Gasteiger partial charge on any atom is -0.359 e. The van der Waals surface area contributed by atoms with Crippen molar-refractivity contribution in [2.24, 2.45) is 0 Å². The molecule has 2 aromatic rings. The molecule has 4 heteroatoms. The Hall–Kier alpha value is -1.55. The maximum atomic E-state index is 5.23. The number of fused-ring (bicyclic) bond motifs is 1. The molecular formula is C11H15N3O. The summed E-state index contributed by atoms with van der Waals surface area (Å²) in [5, 5.41) is 8.21. The first-order chi connectivity index (χ1) is 7.22. The summed E-state index contributed by atoms with van der Waals surface area (Å²) in [6.07, 6.45) is 0. The van der Waals surface area contributed by atoms with Gasteiger partial charge in [-0.2, -0.15) is 0 Å². The first-order valence-corrected chi connectivity index (χ1v) is 4.92. The predicted octanol–water partition coefficient (Wildman–Crippen LogP) is 1.61. The second-order valence-corrected chi connectivity index (χ2v) is 3.76. The van der Waals surface area contributed by atoms with E-state index in [-0.39, 0.29) is 0 Å². The molecule has 0 saturated carbocycles. The first-order valence-electron chi connectivity index (χ1n) is 4.92. The number of nitrogens with one attached hydrogen (secondary N) is 1. The molecule has 0 aliphatic carbocycles. The van der Waals surface area contributed by atoms with Gasteiger partial charge in [-0.3, -0.25) is 0 Å². The molecule has 80 valence electrons. The van der Waals surface area contributed by atoms with Crippen LogP contribution in [0.4, 0.5) is 5.82 Å². The van der Waals surface area contributed by atoms with Crippen LogP contribution in [0.15, 0.2) is 22.7 Å². The molecule has 0 amide bonds. The van der Waals surface area contributed by atoms with Crippen LogP contribution >= 0.6 is 0 Å². The molecule has 0 saturated heterocycles. The standard InChI is InChI=1S/C11H15N3O/c1-12-7-8-4-5-10-9(6-8)11(13-15-10)14(2)3/h4-6,12H,7H2,1-3H3. The van der Waals surface area contributed by atoms with Crippen molar-refractivity contribution < 1.29 is 4.52 Å². The number of hydrogen-bond donors (Lipinski definition) is 1. The number of anilines is 1. The summed E-state index contributed by atoms with van der Waals surface area (Å²) >= 11 is 0. The minimum atomic E-state index is 0.832. The topological polar surface area (TPSA) is 41.3 Å². The van der Waals surface area contributed by atoms with Crippen molar-refractivity contribution in [3.8, 4) is 0 Å². The lowest BCUT2D eigenvalue weighted by Crippen LogP contribution is -2.09. The van der Waals surface area contributed by atoms with E-state index in [2.05, 4.69) is 16.5 Å². The Morgan fingerprint density at radius 2 is 2.20 bits per heavy atom. The van der Waals surface area contributed by atoms with Crippen molar-refractivity contribution in [1.82, 2.24) is 10.5 Å². The van der Waals surface area contributed by atoms with E-state index in [9.17, 15) is 0 Å². The number of rotatable bonds is 3. The first kappa shape index (κ1) is 9.98. The largest absolute Gasteiger partial charge is 0.359 e. The summed E-state index contributed by atoms with van der Waals surface area (Å²) in [5.74, 6) is 0.878. The van der Waals surface area contributed by atoms with Gasteiger partial charge in [-0.15, -0.1) is 0 Å². The molecule has 0 aliphatic heterocycles. The highest BCUT2D eigenvalue weighted by Gasteiger charge is 2.09. The van der Waals surface area contributed by atoms with Gasteiger partial charge in [0.15, 0.2) is 11.4 Å². The average molecular weight is 205 g/mol. The van der Waals surface area contributed by atoms with Crippen LogP contribution in [0.2, 0.25) is 0 Å². The van der Waals surface area contributed by atoms with Crippen molar-refractivity contribution in [2.45, 2.75) is 6.54 Å². The van der Waals surface area contributed by atoms with Crippen molar-refractivity contribution in [3.63, 3.8) is 0 Å². The van der Waals surface area contributed by atoms with Gasteiger partial charge < -0.3 is 14.7 Å². The summed E-state index contributed by atoms with van der Waals surface area (Å²) in [6, 6.07) is 6.11. The van der Waals surface area contributed by atoms with E-state index in [0.717, 1.165) is 23.3 Å². The summed E-state index contributed by atoms with van der Waals surface area (Å²) in [6.45, 7) is 0.855. The van der Waals surface area contributed by atoms with E-state index in [1.807, 2.05) is 38.2 Å². The molecule has 1 N–H and O–H groups in total. The average Bonchev–Trinajstić information content (AvgIpc) is 2.61. The van der Waals surface area contributed by atoms with Gasteiger partial charge in [0, 0.05) is 20.6 Å². The van der Waals surface area contributed by atoms with E-state index < -0.39 is 0 Å². The third kappa shape index (κ3) is 1.80. The molecule has 2 rings (SSSR count). The predicted molar refractivity (Wildman–Crippen MR) is 61.1 cm³/mol. The fourth-order valence-electron chi connectivity index (χ4n) is 1.61. The Morgan fingerprint density at radius 3 is 2.87 bits per heavy atom. The lowest BCUT2D eigenvalue weighted by molar-refractivity contribution is 0.457. The van der Waals surface area contributed by atoms with E-state index in [1.54, 1.807) is 0 Å². The van der Waals surface area contributed by atoms with Crippen molar-refractivity contribution in [1.29, 1.82) is 0 Å². The van der Waals surface area contributed by atoms with Crippen LogP contribution in [-0.4, -0.2) is 26.3 Å². The fourth-order valence-corrected chi connectivity index (χ4v) is 1.61. The molecule has 1 aromatic carbocycles. The number of aromatic nitrogens is 1. The van der Waals surface area contributed by atoms with Crippen LogP contribution in [-0.2, 0) is 6.54 Å². The minimum absolute atomic E-state index is 0.832. The van der Waals surface area contributed by atoms with Gasteiger partial charge in [0.05, 0.1) is 5.39 Å². The smallest absolute Gasteiger partial charge is 0.179 e. The summed E-state index contributed by atoms with van der Waals surface area (Å²) in [7, 11) is 5.86. The Labute approximate surface area is 88.8 Å². The SMILES string of the molecule is CNCc1ccc2onc(N(C)C)c2c1. The van der Waals surface area contributed by atoms with Crippen LogP contribution in [0.25, 0.3) is 11.0 Å². The molecular weight excluding hydrogens is 190 g/mol. The van der Waals surface area contributed by atoms with Gasteiger partial charge in [0.1, 0.15) is 0 Å². The van der Waals surface area contributed by atoms with Crippen molar-refractivity contribution in [3.05, 3.63) is 23.8 Å². The number of benzene rings is 1. The number of nitrogens with zero attached hydrogens (tertiary/aromatic N) is 2.